The first kappa shape index (κ1) is 16.0. The summed E-state index contributed by atoms with van der Waals surface area (Å²) in [7, 11) is 0. The van der Waals surface area contributed by atoms with Crippen molar-refractivity contribution in [1.29, 1.82) is 5.41 Å². The van der Waals surface area contributed by atoms with Gasteiger partial charge in [0.05, 0.1) is 0 Å². The highest BCUT2D eigenvalue weighted by Crippen LogP contribution is 2.17. The zero-order valence-corrected chi connectivity index (χ0v) is 13.8. The molecule has 0 fully saturated rings. The Kier molecular flexibility index (Phi) is 5.07. The van der Waals surface area contributed by atoms with Crippen LogP contribution in [-0.2, 0) is 13.0 Å². The first-order valence-electron chi connectivity index (χ1n) is 8.11. The maximum absolute atomic E-state index is 8.36. The van der Waals surface area contributed by atoms with Gasteiger partial charge in [-0.1, -0.05) is 72.3 Å². The molecule has 0 aliphatic rings. The number of nitrogens with one attached hydrogen (secondary N) is 1. The van der Waals surface area contributed by atoms with Crippen molar-refractivity contribution < 1.29 is 4.74 Å². The standard InChI is InChI=1S/C22H21NO/c1-17-10-12-18(13-11-17)14-22(23)20-8-5-9-21(15-20)24-16-19-6-3-2-4-7-19/h2-13,15,23H,14,16H2,1H3. The summed E-state index contributed by atoms with van der Waals surface area (Å²) in [4.78, 5) is 0. The average Bonchev–Trinajstić information content (AvgIpc) is 2.63. The minimum absolute atomic E-state index is 0.537. The zero-order valence-electron chi connectivity index (χ0n) is 13.8. The van der Waals surface area contributed by atoms with Gasteiger partial charge in [0.2, 0.25) is 0 Å². The first-order valence-corrected chi connectivity index (χ1v) is 8.11. The van der Waals surface area contributed by atoms with Gasteiger partial charge in [-0.2, -0.15) is 0 Å². The molecule has 0 bridgehead atoms. The van der Waals surface area contributed by atoms with Crippen molar-refractivity contribution in [3.63, 3.8) is 0 Å². The van der Waals surface area contributed by atoms with E-state index in [9.17, 15) is 0 Å². The van der Waals surface area contributed by atoms with Gasteiger partial charge in [0.15, 0.2) is 0 Å². The predicted molar refractivity (Wildman–Crippen MR) is 98.9 cm³/mol. The third kappa shape index (κ3) is 4.32. The van der Waals surface area contributed by atoms with Gasteiger partial charge < -0.3 is 10.1 Å². The summed E-state index contributed by atoms with van der Waals surface area (Å²) >= 11 is 0. The summed E-state index contributed by atoms with van der Waals surface area (Å²) < 4.78 is 5.85. The van der Waals surface area contributed by atoms with Crippen molar-refractivity contribution in [1.82, 2.24) is 0 Å². The monoisotopic (exact) mass is 315 g/mol. The number of hydrogen-bond donors (Lipinski definition) is 1. The lowest BCUT2D eigenvalue weighted by atomic mass is 10.0. The molecule has 3 aromatic rings. The quantitative estimate of drug-likeness (QED) is 0.624. The third-order valence-corrected chi connectivity index (χ3v) is 3.93. The molecule has 0 aliphatic carbocycles. The molecule has 3 aromatic carbocycles. The Morgan fingerprint density at radius 2 is 1.58 bits per heavy atom. The molecule has 0 aromatic heterocycles. The van der Waals surface area contributed by atoms with Gasteiger partial charge in [-0.25, -0.2) is 0 Å². The minimum atomic E-state index is 0.537. The Morgan fingerprint density at radius 1 is 0.833 bits per heavy atom. The van der Waals surface area contributed by atoms with Gasteiger partial charge in [0.25, 0.3) is 0 Å². The highest BCUT2D eigenvalue weighted by molar-refractivity contribution is 5.99. The smallest absolute Gasteiger partial charge is 0.120 e. The molecule has 0 atom stereocenters. The number of benzene rings is 3. The van der Waals surface area contributed by atoms with E-state index in [2.05, 4.69) is 31.2 Å². The second-order valence-corrected chi connectivity index (χ2v) is 5.94. The lowest BCUT2D eigenvalue weighted by Crippen LogP contribution is -2.04. The molecule has 120 valence electrons. The van der Waals surface area contributed by atoms with Crippen LogP contribution in [0.4, 0.5) is 0 Å². The summed E-state index contributed by atoms with van der Waals surface area (Å²) in [6, 6.07) is 26.2. The van der Waals surface area contributed by atoms with Crippen LogP contribution in [0, 0.1) is 12.3 Å². The second kappa shape index (κ2) is 7.60. The Bertz CT molecular complexity index is 807. The molecule has 0 spiro atoms. The number of rotatable bonds is 6. The molecule has 0 amide bonds. The van der Waals surface area contributed by atoms with Crippen molar-refractivity contribution in [3.05, 3.63) is 101 Å². The predicted octanol–water partition coefficient (Wildman–Crippen LogP) is 5.18. The van der Waals surface area contributed by atoms with Gasteiger partial charge in [-0.15, -0.1) is 0 Å². The van der Waals surface area contributed by atoms with E-state index in [1.807, 2.05) is 54.6 Å². The average molecular weight is 315 g/mol. The maximum atomic E-state index is 8.36. The molecule has 0 unspecified atom stereocenters. The SMILES string of the molecule is Cc1ccc(CC(=N)c2cccc(OCc3ccccc3)c2)cc1. The van der Waals surface area contributed by atoms with Crippen LogP contribution in [0.25, 0.3) is 0 Å². The van der Waals surface area contributed by atoms with Crippen molar-refractivity contribution >= 4 is 5.71 Å². The van der Waals surface area contributed by atoms with E-state index in [1.54, 1.807) is 0 Å². The van der Waals surface area contributed by atoms with Crippen LogP contribution in [0.15, 0.2) is 78.9 Å². The Morgan fingerprint density at radius 3 is 2.33 bits per heavy atom. The highest BCUT2D eigenvalue weighted by atomic mass is 16.5. The lowest BCUT2D eigenvalue weighted by molar-refractivity contribution is 0.306. The van der Waals surface area contributed by atoms with Gasteiger partial charge in [0, 0.05) is 12.1 Å². The molecule has 0 aliphatic heterocycles. The van der Waals surface area contributed by atoms with Crippen molar-refractivity contribution in [2.24, 2.45) is 0 Å². The van der Waals surface area contributed by atoms with E-state index < -0.39 is 0 Å². The van der Waals surface area contributed by atoms with Gasteiger partial charge in [-0.3, -0.25) is 0 Å². The normalized spacial score (nSPS) is 10.4. The summed E-state index contributed by atoms with van der Waals surface area (Å²) in [5.41, 5.74) is 5.03. The maximum Gasteiger partial charge on any atom is 0.120 e. The summed E-state index contributed by atoms with van der Waals surface area (Å²) in [6.45, 7) is 2.61. The van der Waals surface area contributed by atoms with Crippen LogP contribution in [-0.4, -0.2) is 5.71 Å². The Balaban J connectivity index is 1.65. The van der Waals surface area contributed by atoms with Crippen LogP contribution in [0.3, 0.4) is 0 Å². The van der Waals surface area contributed by atoms with Crippen LogP contribution < -0.4 is 4.74 Å². The van der Waals surface area contributed by atoms with Crippen molar-refractivity contribution in [2.45, 2.75) is 20.0 Å². The molecule has 24 heavy (non-hydrogen) atoms. The third-order valence-electron chi connectivity index (χ3n) is 3.93. The molecule has 0 radical (unpaired) electrons. The summed E-state index contributed by atoms with van der Waals surface area (Å²) in [5.74, 6) is 0.796. The fraction of sp³-hybridized carbons (Fsp3) is 0.136. The molecule has 3 rings (SSSR count). The van der Waals surface area contributed by atoms with Crippen LogP contribution in [0.1, 0.15) is 22.3 Å². The highest BCUT2D eigenvalue weighted by Gasteiger charge is 2.05. The fourth-order valence-corrected chi connectivity index (χ4v) is 2.53. The van der Waals surface area contributed by atoms with Crippen LogP contribution in [0.5, 0.6) is 5.75 Å². The molecular formula is C22H21NO. The van der Waals surface area contributed by atoms with Crippen molar-refractivity contribution in [3.8, 4) is 5.75 Å². The number of aryl methyl sites for hydroxylation is 1. The van der Waals surface area contributed by atoms with Gasteiger partial charge in [0.1, 0.15) is 12.4 Å². The molecule has 0 heterocycles. The summed E-state index contributed by atoms with van der Waals surface area (Å²) in [5, 5.41) is 8.36. The minimum Gasteiger partial charge on any atom is -0.489 e. The zero-order chi connectivity index (χ0) is 16.8. The molecule has 0 saturated carbocycles. The fourth-order valence-electron chi connectivity index (χ4n) is 2.53. The van der Waals surface area contributed by atoms with E-state index >= 15 is 0 Å². The molecule has 1 N–H and O–H groups in total. The van der Waals surface area contributed by atoms with E-state index in [0.29, 0.717) is 18.7 Å². The van der Waals surface area contributed by atoms with Gasteiger partial charge >= 0.3 is 0 Å². The lowest BCUT2D eigenvalue weighted by Gasteiger charge is -2.09. The van der Waals surface area contributed by atoms with Crippen molar-refractivity contribution in [2.75, 3.05) is 0 Å². The molecular weight excluding hydrogens is 294 g/mol. The Hall–Kier alpha value is -2.87. The van der Waals surface area contributed by atoms with E-state index in [4.69, 9.17) is 10.1 Å². The Labute approximate surface area is 143 Å². The summed E-state index contributed by atoms with van der Waals surface area (Å²) in [6.07, 6.45) is 0.627. The van der Waals surface area contributed by atoms with Crippen LogP contribution in [0.2, 0.25) is 0 Å². The number of hydrogen-bond acceptors (Lipinski definition) is 2. The van der Waals surface area contributed by atoms with E-state index in [1.165, 1.54) is 5.56 Å². The number of ether oxygens (including phenoxy) is 1. The molecule has 0 saturated heterocycles. The van der Waals surface area contributed by atoms with E-state index in [-0.39, 0.29) is 0 Å². The van der Waals surface area contributed by atoms with Gasteiger partial charge in [-0.05, 0) is 35.7 Å². The van der Waals surface area contributed by atoms with Crippen LogP contribution >= 0.6 is 0 Å². The first-order chi connectivity index (χ1) is 11.7. The molecule has 2 heteroatoms. The van der Waals surface area contributed by atoms with E-state index in [0.717, 1.165) is 22.4 Å². The topological polar surface area (TPSA) is 33.1 Å². The molecule has 2 nitrogen and oxygen atoms in total. The largest absolute Gasteiger partial charge is 0.489 e. The second-order valence-electron chi connectivity index (χ2n) is 5.94.